The van der Waals surface area contributed by atoms with E-state index in [-0.39, 0.29) is 5.91 Å². The molecule has 2 aromatic heterocycles. The van der Waals surface area contributed by atoms with Crippen molar-refractivity contribution in [3.63, 3.8) is 0 Å². The summed E-state index contributed by atoms with van der Waals surface area (Å²) in [5.41, 5.74) is 5.02. The molecule has 6 heteroatoms. The summed E-state index contributed by atoms with van der Waals surface area (Å²) < 4.78 is 7.69. The van der Waals surface area contributed by atoms with Crippen molar-refractivity contribution in [3.8, 4) is 17.0 Å². The molecule has 2 heterocycles. The first-order valence-electron chi connectivity index (χ1n) is 11.2. The maximum absolute atomic E-state index is 12.6. The van der Waals surface area contributed by atoms with Gasteiger partial charge < -0.3 is 14.6 Å². The van der Waals surface area contributed by atoms with Gasteiger partial charge in [-0.05, 0) is 47.1 Å². The molecule has 1 N–H and O–H groups in total. The molecule has 1 amide bonds. The van der Waals surface area contributed by atoms with Crippen LogP contribution >= 0.6 is 0 Å². The normalized spacial score (nSPS) is 13.0. The van der Waals surface area contributed by atoms with Crippen molar-refractivity contribution in [3.05, 3.63) is 102 Å². The monoisotopic (exact) mass is 438 g/mol. The molecule has 1 aliphatic carbocycles. The molecule has 1 saturated carbocycles. The van der Waals surface area contributed by atoms with Crippen molar-refractivity contribution in [2.24, 2.45) is 5.92 Å². The van der Waals surface area contributed by atoms with E-state index in [4.69, 9.17) is 4.74 Å². The van der Waals surface area contributed by atoms with E-state index < -0.39 is 0 Å². The zero-order valence-corrected chi connectivity index (χ0v) is 18.4. The Kier molecular flexibility index (Phi) is 6.15. The third kappa shape index (κ3) is 5.47. The largest absolute Gasteiger partial charge is 0.477 e. The molecule has 4 aromatic rings. The van der Waals surface area contributed by atoms with Crippen molar-refractivity contribution >= 4 is 5.91 Å². The summed E-state index contributed by atoms with van der Waals surface area (Å²) in [6.07, 6.45) is 9.59. The number of hydrogen-bond acceptors (Lipinski definition) is 4. The van der Waals surface area contributed by atoms with E-state index in [9.17, 15) is 4.79 Å². The highest BCUT2D eigenvalue weighted by atomic mass is 16.5. The van der Waals surface area contributed by atoms with Crippen molar-refractivity contribution in [2.75, 3.05) is 6.61 Å². The van der Waals surface area contributed by atoms with Gasteiger partial charge in [0.1, 0.15) is 0 Å². The minimum atomic E-state index is -0.151. The quantitative estimate of drug-likeness (QED) is 0.411. The number of amides is 1. The molecule has 1 aliphatic rings. The first-order chi connectivity index (χ1) is 16.2. The topological polar surface area (TPSA) is 69.0 Å². The van der Waals surface area contributed by atoms with Gasteiger partial charge in [-0.2, -0.15) is 0 Å². The molecule has 0 radical (unpaired) electrons. The number of nitrogens with zero attached hydrogens (tertiary/aromatic N) is 3. The van der Waals surface area contributed by atoms with Crippen LogP contribution in [0.4, 0.5) is 0 Å². The molecule has 2 aromatic carbocycles. The summed E-state index contributed by atoms with van der Waals surface area (Å²) >= 11 is 0. The second kappa shape index (κ2) is 9.69. The van der Waals surface area contributed by atoms with Gasteiger partial charge in [-0.3, -0.25) is 4.79 Å². The van der Waals surface area contributed by atoms with Gasteiger partial charge in [-0.1, -0.05) is 48.5 Å². The minimum Gasteiger partial charge on any atom is -0.477 e. The Morgan fingerprint density at radius 3 is 2.64 bits per heavy atom. The molecule has 33 heavy (non-hydrogen) atoms. The summed E-state index contributed by atoms with van der Waals surface area (Å²) in [6.45, 7) is 1.93. The second-order valence-electron chi connectivity index (χ2n) is 8.41. The van der Waals surface area contributed by atoms with E-state index in [1.807, 2.05) is 35.3 Å². The standard InChI is InChI=1S/C27H26N4O2/c32-27(24-11-12-26(29-16-24)33-18-21-5-6-21)30-15-23-3-1-2-4-25(23)22-9-7-20(8-10-22)17-31-14-13-28-19-31/h1-4,7-14,16,19,21H,5-6,15,17-18H2,(H,30,32). The number of hydrogen-bond donors (Lipinski definition) is 1. The van der Waals surface area contributed by atoms with E-state index in [1.165, 1.54) is 18.4 Å². The SMILES string of the molecule is O=C(NCc1ccccc1-c1ccc(Cn2ccnc2)cc1)c1ccc(OCC2CC2)nc1. The van der Waals surface area contributed by atoms with Gasteiger partial charge in [-0.25, -0.2) is 9.97 Å². The fourth-order valence-electron chi connectivity index (χ4n) is 3.70. The van der Waals surface area contributed by atoms with Crippen LogP contribution in [0.1, 0.15) is 34.3 Å². The van der Waals surface area contributed by atoms with Gasteiger partial charge >= 0.3 is 0 Å². The highest BCUT2D eigenvalue weighted by Gasteiger charge is 2.22. The van der Waals surface area contributed by atoms with Crippen LogP contribution in [0.3, 0.4) is 0 Å². The minimum absolute atomic E-state index is 0.151. The summed E-state index contributed by atoms with van der Waals surface area (Å²) in [7, 11) is 0. The molecule has 0 spiro atoms. The fraction of sp³-hybridized carbons (Fsp3) is 0.222. The van der Waals surface area contributed by atoms with E-state index >= 15 is 0 Å². The number of imidazole rings is 1. The van der Waals surface area contributed by atoms with E-state index in [1.54, 1.807) is 24.5 Å². The van der Waals surface area contributed by atoms with Crippen LogP contribution in [0.5, 0.6) is 5.88 Å². The van der Waals surface area contributed by atoms with Crippen molar-refractivity contribution in [1.29, 1.82) is 0 Å². The zero-order valence-electron chi connectivity index (χ0n) is 18.4. The summed E-state index contributed by atoms with van der Waals surface area (Å²) in [6, 6.07) is 20.2. The van der Waals surface area contributed by atoms with E-state index in [0.717, 1.165) is 23.2 Å². The van der Waals surface area contributed by atoms with Crippen LogP contribution in [-0.2, 0) is 13.1 Å². The van der Waals surface area contributed by atoms with Gasteiger partial charge in [0, 0.05) is 37.7 Å². The number of aromatic nitrogens is 3. The van der Waals surface area contributed by atoms with Gasteiger partial charge in [-0.15, -0.1) is 0 Å². The Balaban J connectivity index is 1.22. The third-order valence-electron chi connectivity index (χ3n) is 5.81. The molecule has 0 unspecified atom stereocenters. The van der Waals surface area contributed by atoms with Crippen molar-refractivity contribution in [1.82, 2.24) is 19.9 Å². The van der Waals surface area contributed by atoms with Crippen LogP contribution in [0.2, 0.25) is 0 Å². The predicted octanol–water partition coefficient (Wildman–Crippen LogP) is 4.71. The molecular formula is C27H26N4O2. The van der Waals surface area contributed by atoms with Gasteiger partial charge in [0.25, 0.3) is 5.91 Å². The maximum Gasteiger partial charge on any atom is 0.253 e. The Morgan fingerprint density at radius 1 is 1.06 bits per heavy atom. The molecular weight excluding hydrogens is 412 g/mol. The second-order valence-corrected chi connectivity index (χ2v) is 8.41. The van der Waals surface area contributed by atoms with E-state index in [0.29, 0.717) is 30.5 Å². The van der Waals surface area contributed by atoms with Gasteiger partial charge in [0.05, 0.1) is 18.5 Å². The predicted molar refractivity (Wildman–Crippen MR) is 127 cm³/mol. The molecule has 0 bridgehead atoms. The number of rotatable bonds is 9. The first kappa shape index (κ1) is 20.9. The lowest BCUT2D eigenvalue weighted by molar-refractivity contribution is 0.0950. The van der Waals surface area contributed by atoms with Crippen LogP contribution in [0.25, 0.3) is 11.1 Å². The number of nitrogens with one attached hydrogen (secondary N) is 1. The molecule has 0 aliphatic heterocycles. The zero-order chi connectivity index (χ0) is 22.5. The van der Waals surface area contributed by atoms with E-state index in [2.05, 4.69) is 45.6 Å². The lowest BCUT2D eigenvalue weighted by Crippen LogP contribution is -2.23. The lowest BCUT2D eigenvalue weighted by atomic mass is 9.98. The number of benzene rings is 2. The van der Waals surface area contributed by atoms with Gasteiger partial charge in [0.2, 0.25) is 5.88 Å². The molecule has 6 nitrogen and oxygen atoms in total. The lowest BCUT2D eigenvalue weighted by Gasteiger charge is -2.12. The third-order valence-corrected chi connectivity index (χ3v) is 5.81. The molecule has 0 atom stereocenters. The average Bonchev–Trinajstić information content (AvgIpc) is 3.56. The van der Waals surface area contributed by atoms with Crippen molar-refractivity contribution in [2.45, 2.75) is 25.9 Å². The molecule has 166 valence electrons. The van der Waals surface area contributed by atoms with Crippen LogP contribution in [0, 0.1) is 5.92 Å². The van der Waals surface area contributed by atoms with Crippen molar-refractivity contribution < 1.29 is 9.53 Å². The Hall–Kier alpha value is -3.93. The Morgan fingerprint density at radius 2 is 1.91 bits per heavy atom. The fourth-order valence-corrected chi connectivity index (χ4v) is 3.70. The molecule has 5 rings (SSSR count). The summed E-state index contributed by atoms with van der Waals surface area (Å²) in [5, 5.41) is 3.02. The Labute approximate surface area is 193 Å². The smallest absolute Gasteiger partial charge is 0.253 e. The van der Waals surface area contributed by atoms with Crippen LogP contribution in [0.15, 0.2) is 85.6 Å². The number of pyridine rings is 1. The summed E-state index contributed by atoms with van der Waals surface area (Å²) in [4.78, 5) is 21.0. The summed E-state index contributed by atoms with van der Waals surface area (Å²) in [5.74, 6) is 1.09. The highest BCUT2D eigenvalue weighted by Crippen LogP contribution is 2.29. The molecule has 0 saturated heterocycles. The average molecular weight is 439 g/mol. The van der Waals surface area contributed by atoms with Crippen LogP contribution < -0.4 is 10.1 Å². The highest BCUT2D eigenvalue weighted by molar-refractivity contribution is 5.94. The number of carbonyl (C=O) groups excluding carboxylic acids is 1. The number of carbonyl (C=O) groups is 1. The maximum atomic E-state index is 12.6. The molecule has 1 fully saturated rings. The van der Waals surface area contributed by atoms with Gasteiger partial charge in [0.15, 0.2) is 0 Å². The Bertz CT molecular complexity index is 1200. The number of ether oxygens (including phenoxy) is 1. The first-order valence-corrected chi connectivity index (χ1v) is 11.2. The van der Waals surface area contributed by atoms with Crippen LogP contribution in [-0.4, -0.2) is 27.0 Å².